The first kappa shape index (κ1) is 21.8. The number of aromatic amines is 1. The summed E-state index contributed by atoms with van der Waals surface area (Å²) in [7, 11) is 0. The number of unbranched alkanes of at least 4 members (excludes halogenated alkanes) is 3. The molecule has 3 N–H and O–H groups in total. The second kappa shape index (κ2) is 8.48. The molecular weight excluding hydrogens is 430 g/mol. The van der Waals surface area contributed by atoms with Crippen molar-refractivity contribution >= 4 is 16.7 Å². The Hall–Kier alpha value is -2.74. The van der Waals surface area contributed by atoms with E-state index in [4.69, 9.17) is 5.11 Å². The molecule has 8 heteroatoms. The van der Waals surface area contributed by atoms with Gasteiger partial charge in [-0.05, 0) is 87.3 Å². The summed E-state index contributed by atoms with van der Waals surface area (Å²) >= 11 is 0. The third-order valence-corrected chi connectivity index (χ3v) is 8.35. The number of nitrogens with zero attached hydrogens (tertiary/aromatic N) is 3. The van der Waals surface area contributed by atoms with Gasteiger partial charge in [0.25, 0.3) is 5.56 Å². The molecule has 2 heterocycles. The normalized spacial score (nSPS) is 27.6. The Bertz CT molecular complexity index is 1260. The topological polar surface area (TPSA) is 113 Å². The number of benzene rings is 1. The van der Waals surface area contributed by atoms with Crippen LogP contribution in [0.1, 0.15) is 64.2 Å². The molecule has 0 spiro atoms. The predicted molar refractivity (Wildman–Crippen MR) is 131 cm³/mol. The van der Waals surface area contributed by atoms with Crippen molar-refractivity contribution in [2.45, 2.75) is 76.3 Å². The van der Waals surface area contributed by atoms with E-state index in [1.165, 1.54) is 38.5 Å². The lowest BCUT2D eigenvalue weighted by Crippen LogP contribution is -2.54. The van der Waals surface area contributed by atoms with Crippen LogP contribution in [0, 0.1) is 17.8 Å². The quantitative estimate of drug-likeness (QED) is 0.348. The van der Waals surface area contributed by atoms with Crippen LogP contribution in [-0.2, 0) is 6.54 Å². The summed E-state index contributed by atoms with van der Waals surface area (Å²) in [6.07, 6.45) is 11.5. The molecule has 2 aliphatic heterocycles. The minimum atomic E-state index is -0.643. The van der Waals surface area contributed by atoms with Crippen LogP contribution in [-0.4, -0.2) is 36.8 Å². The van der Waals surface area contributed by atoms with Gasteiger partial charge in [-0.15, -0.1) is 0 Å². The molecule has 1 aromatic rings. The minimum Gasteiger partial charge on any atom is -0.396 e. The van der Waals surface area contributed by atoms with Crippen LogP contribution in [0.15, 0.2) is 27.8 Å². The van der Waals surface area contributed by atoms with E-state index in [-0.39, 0.29) is 17.8 Å². The maximum absolute atomic E-state index is 12.5. The lowest BCUT2D eigenvalue weighted by atomic mass is 9.53. The fourth-order valence-corrected chi connectivity index (χ4v) is 7.40. The van der Waals surface area contributed by atoms with E-state index in [1.807, 2.05) is 10.6 Å². The zero-order valence-corrected chi connectivity index (χ0v) is 19.6. The maximum atomic E-state index is 12.5. The van der Waals surface area contributed by atoms with Crippen molar-refractivity contribution in [2.24, 2.45) is 17.8 Å². The van der Waals surface area contributed by atoms with Gasteiger partial charge in [-0.25, -0.2) is 9.78 Å². The first-order valence-corrected chi connectivity index (χ1v) is 12.9. The molecule has 180 valence electrons. The van der Waals surface area contributed by atoms with Gasteiger partial charge in [0.2, 0.25) is 0 Å². The third kappa shape index (κ3) is 3.91. The molecule has 0 aromatic heterocycles. The van der Waals surface area contributed by atoms with Crippen molar-refractivity contribution in [3.8, 4) is 11.5 Å². The van der Waals surface area contributed by atoms with Crippen molar-refractivity contribution in [1.29, 1.82) is 0 Å². The Morgan fingerprint density at radius 3 is 2.41 bits per heavy atom. The average molecular weight is 464 g/mol. The molecule has 7 rings (SSSR count). The summed E-state index contributed by atoms with van der Waals surface area (Å²) in [6.45, 7) is 0.835. The number of rotatable bonds is 8. The van der Waals surface area contributed by atoms with Crippen LogP contribution in [0.4, 0.5) is 5.69 Å². The van der Waals surface area contributed by atoms with E-state index in [2.05, 4.69) is 32.4 Å². The summed E-state index contributed by atoms with van der Waals surface area (Å²) in [5.41, 5.74) is 1.95. The molecule has 0 atom stereocenters. The van der Waals surface area contributed by atoms with Crippen LogP contribution in [0.2, 0.25) is 0 Å². The fraction of sp³-hybridized carbons (Fsp3) is 0.615. The number of hydrogen-bond donors (Lipinski definition) is 3. The molecule has 0 radical (unpaired) electrons. The zero-order valence-electron chi connectivity index (χ0n) is 19.6. The van der Waals surface area contributed by atoms with Gasteiger partial charge in [0.1, 0.15) is 0 Å². The zero-order chi connectivity index (χ0) is 23.3. The van der Waals surface area contributed by atoms with E-state index < -0.39 is 11.2 Å². The highest BCUT2D eigenvalue weighted by Crippen LogP contribution is 2.56. The first-order chi connectivity index (χ1) is 16.5. The van der Waals surface area contributed by atoms with Crippen LogP contribution < -0.4 is 16.6 Å². The number of hydrogen-bond acceptors (Lipinski definition) is 6. The first-order valence-electron chi connectivity index (χ1n) is 12.9. The van der Waals surface area contributed by atoms with Crippen molar-refractivity contribution in [3.63, 3.8) is 0 Å². The largest absolute Gasteiger partial charge is 0.396 e. The molecule has 4 bridgehead atoms. The second-order valence-electron chi connectivity index (χ2n) is 11.0. The Labute approximate surface area is 198 Å². The number of H-pyrrole nitrogens is 1. The summed E-state index contributed by atoms with van der Waals surface area (Å²) in [5.74, 6) is 2.93. The predicted octanol–water partition coefficient (Wildman–Crippen LogP) is 3.52. The highest BCUT2D eigenvalue weighted by molar-refractivity contribution is 5.83. The van der Waals surface area contributed by atoms with E-state index in [1.54, 1.807) is 0 Å². The van der Waals surface area contributed by atoms with Crippen LogP contribution >= 0.6 is 0 Å². The van der Waals surface area contributed by atoms with Gasteiger partial charge in [-0.3, -0.25) is 9.78 Å². The van der Waals surface area contributed by atoms with E-state index in [9.17, 15) is 9.59 Å². The van der Waals surface area contributed by atoms with Gasteiger partial charge in [0, 0.05) is 24.4 Å². The monoisotopic (exact) mass is 463 g/mol. The maximum Gasteiger partial charge on any atom is 0.349 e. The number of nitrogens with one attached hydrogen (secondary N) is 2. The molecule has 0 saturated heterocycles. The SMILES string of the molecule is O=c1nc2n(CCCCCCO)c3cc(NC45CC6CC(CC(C6)C4)C5)ccc3nc-2c(=O)[nH]1. The highest BCUT2D eigenvalue weighted by Gasteiger charge is 2.50. The molecule has 4 aliphatic carbocycles. The van der Waals surface area contributed by atoms with Crippen molar-refractivity contribution in [3.05, 3.63) is 39.0 Å². The number of aryl methyl sites for hydroxylation is 1. The van der Waals surface area contributed by atoms with Gasteiger partial charge < -0.3 is 15.0 Å². The minimum absolute atomic E-state index is 0.194. The number of fused-ring (bicyclic) bond motifs is 2. The molecule has 6 aliphatic rings. The van der Waals surface area contributed by atoms with Crippen molar-refractivity contribution < 1.29 is 5.11 Å². The Balaban J connectivity index is 1.38. The molecule has 0 unspecified atom stereocenters. The Kier molecular flexibility index (Phi) is 5.43. The molecule has 8 nitrogen and oxygen atoms in total. The van der Waals surface area contributed by atoms with Gasteiger partial charge in [0.15, 0.2) is 11.5 Å². The number of anilines is 1. The Morgan fingerprint density at radius 1 is 1.00 bits per heavy atom. The second-order valence-corrected chi connectivity index (χ2v) is 11.0. The van der Waals surface area contributed by atoms with Crippen LogP contribution in [0.5, 0.6) is 0 Å². The summed E-state index contributed by atoms with van der Waals surface area (Å²) in [5, 5.41) is 13.0. The molecule has 34 heavy (non-hydrogen) atoms. The van der Waals surface area contributed by atoms with Crippen LogP contribution in [0.3, 0.4) is 0 Å². The number of aromatic nitrogens is 4. The highest BCUT2D eigenvalue weighted by atomic mass is 16.3. The average Bonchev–Trinajstić information content (AvgIpc) is 2.78. The van der Waals surface area contributed by atoms with E-state index >= 15 is 0 Å². The standard InChI is InChI=1S/C26H33N5O3/c32-8-4-2-1-3-7-31-21-12-19(30-26-13-16-9-17(14-26)11-18(10-16)15-26)5-6-20(21)27-22-23(31)28-25(34)29-24(22)33/h5-6,12,16-18,30,32H,1-4,7-11,13-15H2,(H,29,33,34). The molecule has 4 saturated carbocycles. The lowest BCUT2D eigenvalue weighted by Gasteiger charge is -2.57. The van der Waals surface area contributed by atoms with Gasteiger partial charge >= 0.3 is 5.69 Å². The molecule has 4 fully saturated rings. The van der Waals surface area contributed by atoms with Crippen molar-refractivity contribution in [1.82, 2.24) is 19.5 Å². The van der Waals surface area contributed by atoms with Crippen molar-refractivity contribution in [2.75, 3.05) is 11.9 Å². The smallest absolute Gasteiger partial charge is 0.349 e. The summed E-state index contributed by atoms with van der Waals surface area (Å²) in [6, 6.07) is 6.18. The van der Waals surface area contributed by atoms with E-state index in [0.29, 0.717) is 12.4 Å². The van der Waals surface area contributed by atoms with Gasteiger partial charge in [-0.2, -0.15) is 4.98 Å². The van der Waals surface area contributed by atoms with Crippen LogP contribution in [0.25, 0.3) is 22.6 Å². The lowest BCUT2D eigenvalue weighted by molar-refractivity contribution is 0.0107. The Morgan fingerprint density at radius 2 is 1.71 bits per heavy atom. The summed E-state index contributed by atoms with van der Waals surface area (Å²) in [4.78, 5) is 35.5. The summed E-state index contributed by atoms with van der Waals surface area (Å²) < 4.78 is 1.98. The number of aliphatic hydroxyl groups excluding tert-OH is 1. The fourth-order valence-electron chi connectivity index (χ4n) is 7.40. The molecule has 0 amide bonds. The van der Waals surface area contributed by atoms with Gasteiger partial charge in [-0.1, -0.05) is 12.8 Å². The number of aliphatic hydroxyl groups is 1. The molecular formula is C26H33N5O3. The molecule has 1 aromatic carbocycles. The third-order valence-electron chi connectivity index (χ3n) is 8.35. The van der Waals surface area contributed by atoms with Gasteiger partial charge in [0.05, 0.1) is 11.0 Å². The van der Waals surface area contributed by atoms with E-state index in [0.717, 1.165) is 60.2 Å².